The fourth-order valence-electron chi connectivity index (χ4n) is 1.69. The molecule has 126 valence electrons. The Morgan fingerprint density at radius 2 is 2.38 bits per heavy atom. The van der Waals surface area contributed by atoms with E-state index in [-0.39, 0.29) is 18.1 Å². The molecule has 0 aliphatic rings. The van der Waals surface area contributed by atoms with Gasteiger partial charge in [0.05, 0.1) is 29.9 Å². The lowest BCUT2D eigenvalue weighted by Crippen LogP contribution is -2.07. The molecule has 1 aromatic heterocycles. The van der Waals surface area contributed by atoms with Crippen molar-refractivity contribution in [1.82, 2.24) is 4.98 Å². The fourth-order valence-corrected chi connectivity index (χ4v) is 2.99. The lowest BCUT2D eigenvalue weighted by molar-refractivity contribution is -0.384. The first-order chi connectivity index (χ1) is 11.5. The maximum atomic E-state index is 11.4. The van der Waals surface area contributed by atoms with E-state index in [4.69, 9.17) is 4.74 Å². The SMILES string of the molecule is CCOC(=O)Cc1csc(NN=Cc2ccc([N+](=O)[O-])cc2I)n1. The van der Waals surface area contributed by atoms with Crippen molar-refractivity contribution in [3.8, 4) is 0 Å². The molecule has 0 aliphatic carbocycles. The summed E-state index contributed by atoms with van der Waals surface area (Å²) < 4.78 is 5.58. The molecule has 1 N–H and O–H groups in total. The fraction of sp³-hybridized carbons (Fsp3) is 0.214. The largest absolute Gasteiger partial charge is 0.466 e. The van der Waals surface area contributed by atoms with Crippen molar-refractivity contribution in [2.75, 3.05) is 12.0 Å². The number of carbonyl (C=O) groups excluding carboxylic acids is 1. The van der Waals surface area contributed by atoms with E-state index in [0.29, 0.717) is 17.4 Å². The Kier molecular flexibility index (Phi) is 6.61. The minimum atomic E-state index is -0.442. The second kappa shape index (κ2) is 8.68. The quantitative estimate of drug-likeness (QED) is 0.224. The van der Waals surface area contributed by atoms with E-state index in [0.717, 1.165) is 9.13 Å². The molecule has 0 saturated heterocycles. The van der Waals surface area contributed by atoms with Gasteiger partial charge in [0.15, 0.2) is 0 Å². The first-order valence-electron chi connectivity index (χ1n) is 6.82. The molecule has 0 unspecified atom stereocenters. The van der Waals surface area contributed by atoms with Gasteiger partial charge in [0.2, 0.25) is 5.13 Å². The van der Waals surface area contributed by atoms with Crippen LogP contribution in [0.2, 0.25) is 0 Å². The number of esters is 1. The summed E-state index contributed by atoms with van der Waals surface area (Å²) in [5.74, 6) is -0.321. The van der Waals surface area contributed by atoms with E-state index >= 15 is 0 Å². The molecule has 0 radical (unpaired) electrons. The zero-order chi connectivity index (χ0) is 17.5. The van der Waals surface area contributed by atoms with Crippen molar-refractivity contribution >= 4 is 56.9 Å². The number of hydrazone groups is 1. The van der Waals surface area contributed by atoms with Crippen LogP contribution in [0.25, 0.3) is 0 Å². The van der Waals surface area contributed by atoms with Crippen LogP contribution in [0.5, 0.6) is 0 Å². The van der Waals surface area contributed by atoms with Crippen molar-refractivity contribution in [2.24, 2.45) is 5.10 Å². The Bertz CT molecular complexity index is 778. The average molecular weight is 460 g/mol. The third-order valence-corrected chi connectivity index (χ3v) is 4.47. The van der Waals surface area contributed by atoms with E-state index in [1.807, 2.05) is 22.6 Å². The highest BCUT2D eigenvalue weighted by atomic mass is 127. The Balaban J connectivity index is 1.96. The maximum Gasteiger partial charge on any atom is 0.311 e. The van der Waals surface area contributed by atoms with Crippen LogP contribution in [0.1, 0.15) is 18.2 Å². The molecular weight excluding hydrogens is 447 g/mol. The molecule has 0 fully saturated rings. The summed E-state index contributed by atoms with van der Waals surface area (Å²) in [6.07, 6.45) is 1.67. The smallest absolute Gasteiger partial charge is 0.311 e. The molecule has 0 aliphatic heterocycles. The summed E-state index contributed by atoms with van der Waals surface area (Å²) in [6.45, 7) is 2.09. The van der Waals surface area contributed by atoms with Crippen LogP contribution in [0.4, 0.5) is 10.8 Å². The Morgan fingerprint density at radius 1 is 1.58 bits per heavy atom. The number of anilines is 1. The number of halogens is 1. The van der Waals surface area contributed by atoms with Crippen molar-refractivity contribution in [3.63, 3.8) is 0 Å². The van der Waals surface area contributed by atoms with Gasteiger partial charge in [-0.15, -0.1) is 11.3 Å². The number of ether oxygens (including phenoxy) is 1. The van der Waals surface area contributed by atoms with E-state index in [1.54, 1.807) is 24.6 Å². The van der Waals surface area contributed by atoms with Gasteiger partial charge in [-0.25, -0.2) is 4.98 Å². The number of nitrogens with one attached hydrogen (secondary N) is 1. The highest BCUT2D eigenvalue weighted by Gasteiger charge is 2.09. The lowest BCUT2D eigenvalue weighted by atomic mass is 10.2. The van der Waals surface area contributed by atoms with Crippen molar-refractivity contribution in [2.45, 2.75) is 13.3 Å². The summed E-state index contributed by atoms with van der Waals surface area (Å²) in [4.78, 5) is 25.9. The van der Waals surface area contributed by atoms with Crippen molar-refractivity contribution < 1.29 is 14.5 Å². The normalized spacial score (nSPS) is 10.8. The molecule has 8 nitrogen and oxygen atoms in total. The number of non-ortho nitro benzene ring substituents is 1. The molecule has 2 aromatic rings. The van der Waals surface area contributed by atoms with Gasteiger partial charge in [-0.1, -0.05) is 0 Å². The van der Waals surface area contributed by atoms with E-state index < -0.39 is 4.92 Å². The zero-order valence-corrected chi connectivity index (χ0v) is 15.5. The molecule has 1 heterocycles. The molecule has 0 atom stereocenters. The number of aromatic nitrogens is 1. The van der Waals surface area contributed by atoms with E-state index in [2.05, 4.69) is 15.5 Å². The van der Waals surface area contributed by atoms with Crippen LogP contribution in [0, 0.1) is 13.7 Å². The number of carbonyl (C=O) groups is 1. The molecule has 2 rings (SSSR count). The molecule has 0 saturated carbocycles. The van der Waals surface area contributed by atoms with Gasteiger partial charge in [-0.2, -0.15) is 5.10 Å². The summed E-state index contributed by atoms with van der Waals surface area (Å²) in [5.41, 5.74) is 4.17. The average Bonchev–Trinajstić information content (AvgIpc) is 2.96. The number of rotatable bonds is 7. The van der Waals surface area contributed by atoms with Gasteiger partial charge < -0.3 is 4.74 Å². The molecular formula is C14H13IN4O4S. The van der Waals surface area contributed by atoms with Crippen LogP contribution in [-0.4, -0.2) is 28.7 Å². The van der Waals surface area contributed by atoms with Crippen molar-refractivity contribution in [1.29, 1.82) is 0 Å². The number of hydrogen-bond acceptors (Lipinski definition) is 8. The highest BCUT2D eigenvalue weighted by Crippen LogP contribution is 2.19. The van der Waals surface area contributed by atoms with Crippen LogP contribution in [0.15, 0.2) is 28.7 Å². The van der Waals surface area contributed by atoms with Gasteiger partial charge in [-0.3, -0.25) is 20.3 Å². The van der Waals surface area contributed by atoms with Gasteiger partial charge in [0.25, 0.3) is 5.69 Å². The second-order valence-corrected chi connectivity index (χ2v) is 6.48. The van der Waals surface area contributed by atoms with Gasteiger partial charge >= 0.3 is 5.97 Å². The van der Waals surface area contributed by atoms with Gasteiger partial charge in [0, 0.05) is 26.6 Å². The topological polar surface area (TPSA) is 107 Å². The number of thiazole rings is 1. The van der Waals surface area contributed by atoms with Crippen LogP contribution < -0.4 is 5.43 Å². The minimum Gasteiger partial charge on any atom is -0.466 e. The van der Waals surface area contributed by atoms with Crippen molar-refractivity contribution in [3.05, 3.63) is 48.5 Å². The van der Waals surface area contributed by atoms with Crippen LogP contribution in [-0.2, 0) is 16.0 Å². The Labute approximate surface area is 155 Å². The predicted octanol–water partition coefficient (Wildman–Crippen LogP) is 3.21. The third kappa shape index (κ3) is 5.23. The molecule has 1 aromatic carbocycles. The van der Waals surface area contributed by atoms with Crippen LogP contribution >= 0.6 is 33.9 Å². The first kappa shape index (κ1) is 18.3. The lowest BCUT2D eigenvalue weighted by Gasteiger charge is -1.99. The van der Waals surface area contributed by atoms with Gasteiger partial charge in [-0.05, 0) is 35.6 Å². The monoisotopic (exact) mass is 460 g/mol. The van der Waals surface area contributed by atoms with Crippen LogP contribution in [0.3, 0.4) is 0 Å². The van der Waals surface area contributed by atoms with E-state index in [1.165, 1.54) is 23.5 Å². The molecule has 24 heavy (non-hydrogen) atoms. The second-order valence-electron chi connectivity index (χ2n) is 4.46. The Hall–Kier alpha value is -2.08. The number of nitrogens with zero attached hydrogens (tertiary/aromatic N) is 3. The molecule has 10 heteroatoms. The van der Waals surface area contributed by atoms with E-state index in [9.17, 15) is 14.9 Å². The maximum absolute atomic E-state index is 11.4. The third-order valence-electron chi connectivity index (χ3n) is 2.74. The number of benzene rings is 1. The summed E-state index contributed by atoms with van der Waals surface area (Å²) in [5, 5.41) is 17.1. The minimum absolute atomic E-state index is 0.0352. The molecule has 0 spiro atoms. The Morgan fingerprint density at radius 3 is 3.04 bits per heavy atom. The molecule has 0 amide bonds. The summed E-state index contributed by atoms with van der Waals surface area (Å²) >= 11 is 3.33. The molecule has 0 bridgehead atoms. The number of hydrogen-bond donors (Lipinski definition) is 1. The first-order valence-corrected chi connectivity index (χ1v) is 8.78. The van der Waals surface area contributed by atoms with Gasteiger partial charge in [0.1, 0.15) is 0 Å². The standard InChI is InChI=1S/C14H13IN4O4S/c1-2-23-13(20)5-10-8-24-14(17-10)18-16-7-9-3-4-11(19(21)22)6-12(9)15/h3-4,6-8H,2,5H2,1H3,(H,17,18). The number of nitro groups is 1. The summed E-state index contributed by atoms with van der Waals surface area (Å²) in [6, 6.07) is 4.52. The zero-order valence-electron chi connectivity index (χ0n) is 12.6. The number of nitro benzene ring substituents is 1. The predicted molar refractivity (Wildman–Crippen MR) is 99.5 cm³/mol. The highest BCUT2D eigenvalue weighted by molar-refractivity contribution is 14.1. The summed E-state index contributed by atoms with van der Waals surface area (Å²) in [7, 11) is 0.